The highest BCUT2D eigenvalue weighted by Crippen LogP contribution is 2.10. The molecule has 0 spiro atoms. The van der Waals surface area contributed by atoms with Crippen LogP contribution < -0.4 is 5.32 Å². The van der Waals surface area contributed by atoms with Crippen molar-refractivity contribution in [1.29, 1.82) is 0 Å². The summed E-state index contributed by atoms with van der Waals surface area (Å²) < 4.78 is 0. The van der Waals surface area contributed by atoms with Gasteiger partial charge in [-0.05, 0) is 6.42 Å². The van der Waals surface area contributed by atoms with Crippen molar-refractivity contribution >= 4 is 23.2 Å². The molecule has 6 heteroatoms. The first-order chi connectivity index (χ1) is 7.66. The highest BCUT2D eigenvalue weighted by molar-refractivity contribution is 7.07. The summed E-state index contributed by atoms with van der Waals surface area (Å²) in [5.74, 6) is -0.0202. The summed E-state index contributed by atoms with van der Waals surface area (Å²) in [7, 11) is 1.75. The maximum absolute atomic E-state index is 11.7. The predicted octanol–water partition coefficient (Wildman–Crippen LogP) is 0.494. The summed E-state index contributed by atoms with van der Waals surface area (Å²) in [6.07, 6.45) is 1.21. The molecule has 2 rings (SSSR count). The molecule has 0 bridgehead atoms. The summed E-state index contributed by atoms with van der Waals surface area (Å²) in [5.41, 5.74) is 2.08. The normalized spacial score (nSPS) is 20.9. The summed E-state index contributed by atoms with van der Waals surface area (Å²) >= 11 is 1.39. The van der Waals surface area contributed by atoms with Gasteiger partial charge in [0.2, 0.25) is 5.91 Å². The second-order valence-electron chi connectivity index (χ2n) is 3.86. The second-order valence-corrected chi connectivity index (χ2v) is 4.58. The number of thiazole rings is 1. The molecule has 5 nitrogen and oxygen atoms in total. The van der Waals surface area contributed by atoms with Crippen LogP contribution in [-0.4, -0.2) is 41.3 Å². The van der Waals surface area contributed by atoms with Crippen molar-refractivity contribution in [3.63, 3.8) is 0 Å². The van der Waals surface area contributed by atoms with Crippen LogP contribution in [0.1, 0.15) is 23.3 Å². The van der Waals surface area contributed by atoms with E-state index in [1.165, 1.54) is 11.3 Å². The Bertz CT molecular complexity index is 391. The van der Waals surface area contributed by atoms with Gasteiger partial charge in [-0.2, -0.15) is 0 Å². The zero-order valence-electron chi connectivity index (χ0n) is 8.97. The van der Waals surface area contributed by atoms with Gasteiger partial charge in [0.25, 0.3) is 5.91 Å². The summed E-state index contributed by atoms with van der Waals surface area (Å²) in [5, 5.41) is 4.60. The summed E-state index contributed by atoms with van der Waals surface area (Å²) in [6.45, 7) is 0.578. The van der Waals surface area contributed by atoms with Crippen LogP contribution in [0.3, 0.4) is 0 Å². The standard InChI is InChI=1S/C10H13N3O2S/c1-13-4-7(2-3-9(13)14)12-10(15)8-5-16-6-11-8/h5-7H,2-4H2,1H3,(H,12,15)/t7-/m0/s1. The molecule has 1 N–H and O–H groups in total. The van der Waals surface area contributed by atoms with E-state index in [-0.39, 0.29) is 17.9 Å². The number of likely N-dealkylation sites (tertiary alicyclic amines) is 1. The Hall–Kier alpha value is -1.43. The van der Waals surface area contributed by atoms with E-state index in [0.29, 0.717) is 25.1 Å². The number of likely N-dealkylation sites (N-methyl/N-ethyl adjacent to an activating group) is 1. The first kappa shape index (κ1) is 11.1. The second kappa shape index (κ2) is 4.61. The van der Waals surface area contributed by atoms with Gasteiger partial charge in [-0.25, -0.2) is 4.98 Å². The van der Waals surface area contributed by atoms with Crippen molar-refractivity contribution < 1.29 is 9.59 Å². The SMILES string of the molecule is CN1C[C@@H](NC(=O)c2cscn2)CCC1=O. The fourth-order valence-corrected chi connectivity index (χ4v) is 2.25. The number of nitrogens with one attached hydrogen (secondary N) is 1. The van der Waals surface area contributed by atoms with Gasteiger partial charge >= 0.3 is 0 Å². The number of piperidine rings is 1. The topological polar surface area (TPSA) is 62.3 Å². The van der Waals surface area contributed by atoms with Gasteiger partial charge in [0, 0.05) is 31.4 Å². The molecule has 2 amide bonds. The molecule has 86 valence electrons. The highest BCUT2D eigenvalue weighted by Gasteiger charge is 2.24. The molecule has 16 heavy (non-hydrogen) atoms. The maximum atomic E-state index is 11.7. The number of hydrogen-bond acceptors (Lipinski definition) is 4. The lowest BCUT2D eigenvalue weighted by Crippen LogP contribution is -2.48. The van der Waals surface area contributed by atoms with E-state index in [9.17, 15) is 9.59 Å². The fraction of sp³-hybridized carbons (Fsp3) is 0.500. The number of hydrogen-bond donors (Lipinski definition) is 1. The lowest BCUT2D eigenvalue weighted by molar-refractivity contribution is -0.132. The van der Waals surface area contributed by atoms with E-state index in [1.807, 2.05) is 0 Å². The predicted molar refractivity (Wildman–Crippen MR) is 60.2 cm³/mol. The van der Waals surface area contributed by atoms with Crippen LogP contribution in [0.25, 0.3) is 0 Å². The molecule has 1 fully saturated rings. The van der Waals surface area contributed by atoms with Crippen LogP contribution in [0.15, 0.2) is 10.9 Å². The number of nitrogens with zero attached hydrogens (tertiary/aromatic N) is 2. The van der Waals surface area contributed by atoms with Gasteiger partial charge in [-0.3, -0.25) is 9.59 Å². The molecule has 1 aromatic rings. The molecule has 2 heterocycles. The first-order valence-corrected chi connectivity index (χ1v) is 6.04. The van der Waals surface area contributed by atoms with Crippen LogP contribution in [-0.2, 0) is 4.79 Å². The Morgan fingerprint density at radius 1 is 1.69 bits per heavy atom. The lowest BCUT2D eigenvalue weighted by Gasteiger charge is -2.29. The summed E-state index contributed by atoms with van der Waals surface area (Å²) in [4.78, 5) is 28.5. The molecule has 1 atom stereocenters. The molecule has 0 radical (unpaired) electrons. The Morgan fingerprint density at radius 3 is 3.12 bits per heavy atom. The zero-order chi connectivity index (χ0) is 11.5. The molecule has 0 saturated carbocycles. The van der Waals surface area contributed by atoms with Crippen molar-refractivity contribution in [2.24, 2.45) is 0 Å². The smallest absolute Gasteiger partial charge is 0.271 e. The minimum Gasteiger partial charge on any atom is -0.346 e. The number of carbonyl (C=O) groups excluding carboxylic acids is 2. The molecule has 0 unspecified atom stereocenters. The molecule has 1 aliphatic heterocycles. The highest BCUT2D eigenvalue weighted by atomic mass is 32.1. The third kappa shape index (κ3) is 2.38. The van der Waals surface area contributed by atoms with E-state index in [2.05, 4.69) is 10.3 Å². The van der Waals surface area contributed by atoms with Crippen LogP contribution in [0.2, 0.25) is 0 Å². The van der Waals surface area contributed by atoms with Crippen molar-refractivity contribution in [2.75, 3.05) is 13.6 Å². The molecule has 1 saturated heterocycles. The number of amides is 2. The quantitative estimate of drug-likeness (QED) is 0.817. The van der Waals surface area contributed by atoms with E-state index in [1.54, 1.807) is 22.8 Å². The van der Waals surface area contributed by atoms with E-state index >= 15 is 0 Å². The number of aromatic nitrogens is 1. The number of carbonyl (C=O) groups is 2. The van der Waals surface area contributed by atoms with Crippen molar-refractivity contribution in [2.45, 2.75) is 18.9 Å². The Morgan fingerprint density at radius 2 is 2.50 bits per heavy atom. The molecular formula is C10H13N3O2S. The molecule has 1 aromatic heterocycles. The van der Waals surface area contributed by atoms with E-state index in [4.69, 9.17) is 0 Å². The Kier molecular flexibility index (Phi) is 3.19. The first-order valence-electron chi connectivity index (χ1n) is 5.10. The van der Waals surface area contributed by atoms with Crippen LogP contribution in [0.4, 0.5) is 0 Å². The summed E-state index contributed by atoms with van der Waals surface area (Å²) in [6, 6.07) is 0.0388. The van der Waals surface area contributed by atoms with Gasteiger partial charge in [0.15, 0.2) is 0 Å². The van der Waals surface area contributed by atoms with Crippen molar-refractivity contribution in [3.8, 4) is 0 Å². The fourth-order valence-electron chi connectivity index (χ4n) is 1.71. The van der Waals surface area contributed by atoms with Crippen molar-refractivity contribution in [3.05, 3.63) is 16.6 Å². The van der Waals surface area contributed by atoms with Gasteiger partial charge in [-0.15, -0.1) is 11.3 Å². The van der Waals surface area contributed by atoms with Gasteiger partial charge in [0.05, 0.1) is 5.51 Å². The van der Waals surface area contributed by atoms with Gasteiger partial charge < -0.3 is 10.2 Å². The Balaban J connectivity index is 1.91. The van der Waals surface area contributed by atoms with E-state index < -0.39 is 0 Å². The monoisotopic (exact) mass is 239 g/mol. The minimum absolute atomic E-state index is 0.0388. The third-order valence-corrected chi connectivity index (χ3v) is 3.21. The van der Waals surface area contributed by atoms with Crippen molar-refractivity contribution in [1.82, 2.24) is 15.2 Å². The van der Waals surface area contributed by atoms with Crippen LogP contribution >= 0.6 is 11.3 Å². The largest absolute Gasteiger partial charge is 0.346 e. The lowest BCUT2D eigenvalue weighted by atomic mass is 10.1. The van der Waals surface area contributed by atoms with Gasteiger partial charge in [0.1, 0.15) is 5.69 Å². The Labute approximate surface area is 97.5 Å². The third-order valence-electron chi connectivity index (χ3n) is 2.63. The van der Waals surface area contributed by atoms with Gasteiger partial charge in [-0.1, -0.05) is 0 Å². The van der Waals surface area contributed by atoms with Crippen LogP contribution in [0.5, 0.6) is 0 Å². The number of rotatable bonds is 2. The molecule has 1 aliphatic rings. The average Bonchev–Trinajstić information content (AvgIpc) is 2.77. The molecule has 0 aromatic carbocycles. The van der Waals surface area contributed by atoms with Crippen LogP contribution in [0, 0.1) is 0 Å². The zero-order valence-corrected chi connectivity index (χ0v) is 9.79. The maximum Gasteiger partial charge on any atom is 0.271 e. The minimum atomic E-state index is -0.158. The molecular weight excluding hydrogens is 226 g/mol. The van der Waals surface area contributed by atoms with E-state index in [0.717, 1.165) is 0 Å². The molecule has 0 aliphatic carbocycles. The average molecular weight is 239 g/mol.